The van der Waals surface area contributed by atoms with Gasteiger partial charge in [-0.1, -0.05) is 46.3 Å². The van der Waals surface area contributed by atoms with E-state index in [1.54, 1.807) is 0 Å². The predicted octanol–water partition coefficient (Wildman–Crippen LogP) is 3.54. The van der Waals surface area contributed by atoms with E-state index in [1.807, 2.05) is 26.8 Å². The van der Waals surface area contributed by atoms with Crippen molar-refractivity contribution in [2.75, 3.05) is 6.61 Å². The Morgan fingerprint density at radius 3 is 2.44 bits per heavy atom. The van der Waals surface area contributed by atoms with Gasteiger partial charge in [-0.2, -0.15) is 0 Å². The van der Waals surface area contributed by atoms with Gasteiger partial charge < -0.3 is 15.3 Å². The van der Waals surface area contributed by atoms with Gasteiger partial charge in [0.25, 0.3) is 0 Å². The molecular weight excluding hydrogens is 316 g/mol. The molecule has 0 saturated heterocycles. The zero-order valence-corrected chi connectivity index (χ0v) is 16.1. The standard InChI is InChI=1S/C21H32O4/c1-18(2)15-7-6-13-10-19(3,16(24)12-22)8-9-20(13,4)21(15,5)11-14(23)17(18)25/h6,11,15-16,22-24H,7-10,12H2,1-5H3/t15-,16-,19+,20+,21-/m1/s1. The van der Waals surface area contributed by atoms with Crippen molar-refractivity contribution in [1.82, 2.24) is 0 Å². The van der Waals surface area contributed by atoms with E-state index in [-0.39, 0.29) is 40.3 Å². The second kappa shape index (κ2) is 5.43. The Morgan fingerprint density at radius 2 is 1.84 bits per heavy atom. The molecule has 1 saturated carbocycles. The first-order valence-electron chi connectivity index (χ1n) is 9.37. The number of rotatable bonds is 2. The number of carbonyl (C=O) groups is 1. The van der Waals surface area contributed by atoms with Crippen molar-refractivity contribution in [3.63, 3.8) is 0 Å². The van der Waals surface area contributed by atoms with E-state index in [0.29, 0.717) is 0 Å². The SMILES string of the molecule is CC1(C)C(=O)C(O)=C[C@]2(C)[C@@H]1CC=C1C[C@@](C)([C@H](O)CO)CC[C@@]12C. The fraction of sp³-hybridized carbons (Fsp3) is 0.762. The van der Waals surface area contributed by atoms with Crippen LogP contribution in [0.1, 0.15) is 60.3 Å². The van der Waals surface area contributed by atoms with Crippen LogP contribution in [0.15, 0.2) is 23.5 Å². The topological polar surface area (TPSA) is 77.8 Å². The highest BCUT2D eigenvalue weighted by Gasteiger charge is 2.62. The molecule has 0 spiro atoms. The number of hydrogen-bond donors (Lipinski definition) is 3. The molecule has 0 amide bonds. The second-order valence-electron chi connectivity index (χ2n) is 9.74. The van der Waals surface area contributed by atoms with E-state index >= 15 is 0 Å². The highest BCUT2D eigenvalue weighted by atomic mass is 16.3. The second-order valence-corrected chi connectivity index (χ2v) is 9.74. The molecule has 3 N–H and O–H groups in total. The van der Waals surface area contributed by atoms with Crippen LogP contribution >= 0.6 is 0 Å². The summed E-state index contributed by atoms with van der Waals surface area (Å²) in [7, 11) is 0. The summed E-state index contributed by atoms with van der Waals surface area (Å²) in [5.74, 6) is -0.119. The fourth-order valence-electron chi connectivity index (χ4n) is 5.86. The van der Waals surface area contributed by atoms with Gasteiger partial charge in [-0.25, -0.2) is 0 Å². The summed E-state index contributed by atoms with van der Waals surface area (Å²) < 4.78 is 0. The van der Waals surface area contributed by atoms with Crippen LogP contribution in [0.2, 0.25) is 0 Å². The van der Waals surface area contributed by atoms with E-state index in [2.05, 4.69) is 19.9 Å². The number of aliphatic hydroxyl groups is 3. The van der Waals surface area contributed by atoms with E-state index in [1.165, 1.54) is 5.57 Å². The molecular formula is C21H32O4. The zero-order chi connectivity index (χ0) is 18.8. The molecule has 3 aliphatic carbocycles. The van der Waals surface area contributed by atoms with Gasteiger partial charge in [0.2, 0.25) is 5.78 Å². The minimum absolute atomic E-state index is 0.102. The van der Waals surface area contributed by atoms with Crippen molar-refractivity contribution >= 4 is 5.78 Å². The molecule has 1 fully saturated rings. The Labute approximate surface area is 150 Å². The Bertz CT molecular complexity index is 661. The molecule has 4 nitrogen and oxygen atoms in total. The summed E-state index contributed by atoms with van der Waals surface area (Å²) in [5.41, 5.74) is -0.0821. The molecule has 0 aliphatic heterocycles. The zero-order valence-electron chi connectivity index (χ0n) is 16.1. The molecule has 3 aliphatic rings. The van der Waals surface area contributed by atoms with Crippen LogP contribution in [0, 0.1) is 27.6 Å². The van der Waals surface area contributed by atoms with Gasteiger partial charge in [0.05, 0.1) is 12.7 Å². The molecule has 4 heteroatoms. The van der Waals surface area contributed by atoms with Crippen LogP contribution < -0.4 is 0 Å². The normalized spacial score (nSPS) is 44.3. The van der Waals surface area contributed by atoms with Crippen LogP contribution in [0.4, 0.5) is 0 Å². The monoisotopic (exact) mass is 348 g/mol. The maximum absolute atomic E-state index is 12.5. The average Bonchev–Trinajstić information content (AvgIpc) is 2.54. The predicted molar refractivity (Wildman–Crippen MR) is 97.0 cm³/mol. The average molecular weight is 348 g/mol. The molecule has 0 unspecified atom stereocenters. The highest BCUT2D eigenvalue weighted by molar-refractivity contribution is 5.98. The number of allylic oxidation sites excluding steroid dienone is 4. The van der Waals surface area contributed by atoms with Crippen molar-refractivity contribution in [2.45, 2.75) is 66.4 Å². The Kier molecular flexibility index (Phi) is 4.05. The first kappa shape index (κ1) is 18.7. The van der Waals surface area contributed by atoms with Crippen LogP contribution in [-0.2, 0) is 4.79 Å². The molecule has 140 valence electrons. The van der Waals surface area contributed by atoms with E-state index < -0.39 is 11.5 Å². The number of hydrogen-bond acceptors (Lipinski definition) is 4. The van der Waals surface area contributed by atoms with Crippen LogP contribution in [0.25, 0.3) is 0 Å². The fourth-order valence-corrected chi connectivity index (χ4v) is 5.86. The lowest BCUT2D eigenvalue weighted by atomic mass is 9.41. The molecule has 25 heavy (non-hydrogen) atoms. The van der Waals surface area contributed by atoms with Gasteiger partial charge in [0.1, 0.15) is 0 Å². The summed E-state index contributed by atoms with van der Waals surface area (Å²) in [5, 5.41) is 30.1. The first-order chi connectivity index (χ1) is 11.4. The van der Waals surface area contributed by atoms with Crippen molar-refractivity contribution in [3.8, 4) is 0 Å². The van der Waals surface area contributed by atoms with Crippen molar-refractivity contribution in [1.29, 1.82) is 0 Å². The molecule has 0 radical (unpaired) electrons. The third-order valence-electron chi connectivity index (χ3n) is 8.11. The van der Waals surface area contributed by atoms with E-state index in [0.717, 1.165) is 25.7 Å². The Hall–Kier alpha value is -1.13. The largest absolute Gasteiger partial charge is 0.505 e. The quantitative estimate of drug-likeness (QED) is 0.667. The van der Waals surface area contributed by atoms with Gasteiger partial charge in [-0.3, -0.25) is 4.79 Å². The van der Waals surface area contributed by atoms with Gasteiger partial charge >= 0.3 is 0 Å². The minimum atomic E-state index is -0.725. The lowest BCUT2D eigenvalue weighted by molar-refractivity contribution is -0.139. The summed E-state index contributed by atoms with van der Waals surface area (Å²) in [4.78, 5) is 12.5. The van der Waals surface area contributed by atoms with Crippen molar-refractivity contribution in [3.05, 3.63) is 23.5 Å². The lowest BCUT2D eigenvalue weighted by Crippen LogP contribution is -2.58. The van der Waals surface area contributed by atoms with Crippen LogP contribution in [-0.4, -0.2) is 33.8 Å². The molecule has 0 bridgehead atoms. The molecule has 0 aromatic rings. The van der Waals surface area contributed by atoms with E-state index in [4.69, 9.17) is 0 Å². The maximum atomic E-state index is 12.5. The summed E-state index contributed by atoms with van der Waals surface area (Å²) >= 11 is 0. The molecule has 5 atom stereocenters. The van der Waals surface area contributed by atoms with Crippen molar-refractivity contribution in [2.24, 2.45) is 27.6 Å². The lowest BCUT2D eigenvalue weighted by Gasteiger charge is -2.62. The minimum Gasteiger partial charge on any atom is -0.505 e. The first-order valence-corrected chi connectivity index (χ1v) is 9.37. The Morgan fingerprint density at radius 1 is 1.20 bits per heavy atom. The number of fused-ring (bicyclic) bond motifs is 3. The van der Waals surface area contributed by atoms with Crippen LogP contribution in [0.3, 0.4) is 0 Å². The van der Waals surface area contributed by atoms with Crippen molar-refractivity contribution < 1.29 is 20.1 Å². The highest BCUT2D eigenvalue weighted by Crippen LogP contribution is 2.67. The number of Topliss-reactive ketones (excluding diaryl/α,β-unsaturated/α-hetero) is 1. The third kappa shape index (κ3) is 2.30. The maximum Gasteiger partial charge on any atom is 0.202 e. The van der Waals surface area contributed by atoms with Gasteiger partial charge in [0, 0.05) is 10.8 Å². The van der Waals surface area contributed by atoms with Gasteiger partial charge in [-0.05, 0) is 48.5 Å². The third-order valence-corrected chi connectivity index (χ3v) is 8.11. The smallest absolute Gasteiger partial charge is 0.202 e. The summed E-state index contributed by atoms with van der Waals surface area (Å²) in [6.45, 7) is 10.1. The number of carbonyl (C=O) groups excluding carboxylic acids is 1. The molecule has 3 rings (SSSR count). The Balaban J connectivity index is 2.08. The molecule has 0 heterocycles. The molecule has 0 aromatic heterocycles. The summed E-state index contributed by atoms with van der Waals surface area (Å²) in [6.07, 6.45) is 6.58. The summed E-state index contributed by atoms with van der Waals surface area (Å²) in [6, 6.07) is 0. The van der Waals surface area contributed by atoms with E-state index in [9.17, 15) is 20.1 Å². The number of aliphatic hydroxyl groups excluding tert-OH is 3. The number of ketones is 1. The van der Waals surface area contributed by atoms with Crippen LogP contribution in [0.5, 0.6) is 0 Å². The molecule has 0 aromatic carbocycles. The van der Waals surface area contributed by atoms with Gasteiger partial charge in [-0.15, -0.1) is 0 Å². The van der Waals surface area contributed by atoms with Gasteiger partial charge in [0.15, 0.2) is 5.76 Å².